The van der Waals surface area contributed by atoms with Gasteiger partial charge >= 0.3 is 0 Å². The molecule has 4 heteroatoms. The molecule has 10 aromatic carbocycles. The molecule has 0 saturated heterocycles. The Bertz CT molecular complexity index is 4490. The zero-order valence-electron chi connectivity index (χ0n) is 38.1. The highest BCUT2D eigenvalue weighted by atomic mass is 16.3. The number of fused-ring (bicyclic) bond motifs is 12. The van der Waals surface area contributed by atoms with E-state index in [0.29, 0.717) is 0 Å². The van der Waals surface area contributed by atoms with E-state index in [4.69, 9.17) is 8.83 Å². The Morgan fingerprint density at radius 2 is 0.814 bits per heavy atom. The molecule has 4 aromatic heterocycles. The summed E-state index contributed by atoms with van der Waals surface area (Å²) in [4.78, 5) is 0. The summed E-state index contributed by atoms with van der Waals surface area (Å²) in [6, 6.07) is 79.4. The Kier molecular flexibility index (Phi) is 8.45. The molecule has 0 fully saturated rings. The maximum Gasteiger partial charge on any atom is 0.135 e. The quantitative estimate of drug-likeness (QED) is 0.167. The van der Waals surface area contributed by atoms with Crippen LogP contribution in [0.4, 0.5) is 0 Å². The fourth-order valence-electron chi connectivity index (χ4n) is 11.6. The normalized spacial score (nSPS) is 12.7. The Balaban J connectivity index is 0.884. The molecule has 0 amide bonds. The number of para-hydroxylation sites is 5. The highest BCUT2D eigenvalue weighted by Crippen LogP contribution is 2.44. The smallest absolute Gasteiger partial charge is 0.135 e. The molecule has 0 N–H and O–H groups in total. The van der Waals surface area contributed by atoms with E-state index in [1.807, 2.05) is 24.3 Å². The lowest BCUT2D eigenvalue weighted by Gasteiger charge is -2.17. The van der Waals surface area contributed by atoms with E-state index >= 15 is 0 Å². The van der Waals surface area contributed by atoms with E-state index in [0.717, 1.165) is 79.2 Å². The second-order valence-electron chi connectivity index (χ2n) is 18.7. The van der Waals surface area contributed by atoms with Gasteiger partial charge in [0.2, 0.25) is 0 Å². The number of aromatic nitrogens is 2. The Hall–Kier alpha value is -9.12. The predicted octanol–water partition coefficient (Wildman–Crippen LogP) is 18.2. The molecule has 4 nitrogen and oxygen atoms in total. The summed E-state index contributed by atoms with van der Waals surface area (Å²) in [5.41, 5.74) is 21.6. The maximum atomic E-state index is 6.21. The zero-order chi connectivity index (χ0) is 45.9. The van der Waals surface area contributed by atoms with Crippen LogP contribution >= 0.6 is 0 Å². The molecule has 15 rings (SSSR count). The largest absolute Gasteiger partial charge is 0.456 e. The molecule has 0 aliphatic heterocycles. The van der Waals surface area contributed by atoms with Gasteiger partial charge in [0, 0.05) is 71.5 Å². The second kappa shape index (κ2) is 15.2. The third kappa shape index (κ3) is 5.90. The van der Waals surface area contributed by atoms with Crippen molar-refractivity contribution in [1.82, 2.24) is 9.13 Å². The summed E-state index contributed by atoms with van der Waals surface area (Å²) < 4.78 is 17.4. The maximum absolute atomic E-state index is 6.21. The van der Waals surface area contributed by atoms with Gasteiger partial charge in [0.1, 0.15) is 22.3 Å². The minimum absolute atomic E-state index is 0.902. The number of rotatable bonds is 6. The van der Waals surface area contributed by atoms with Gasteiger partial charge < -0.3 is 18.0 Å². The molecule has 0 radical (unpaired) electrons. The topological polar surface area (TPSA) is 36.1 Å². The van der Waals surface area contributed by atoms with Gasteiger partial charge in [0.05, 0.1) is 16.6 Å². The van der Waals surface area contributed by atoms with Gasteiger partial charge in [-0.15, -0.1) is 0 Å². The zero-order valence-corrected chi connectivity index (χ0v) is 38.1. The average molecular weight is 895 g/mol. The van der Waals surface area contributed by atoms with Crippen molar-refractivity contribution in [2.24, 2.45) is 0 Å². The molecule has 1 aliphatic rings. The number of furan rings is 2. The molecule has 0 spiro atoms. The standard InChI is InChI=1S/C66H42N2O2/c1-5-28-59-51(20-1)55-26-12-24-49(65(55)67(59)47-18-10-14-41(37-47)43-32-34-63-57(39-43)53-22-3-7-30-61(53)69-63)45-16-9-17-46(36-45)50-25-13-27-56-52-21-2-6-29-60(52)68(66(50)56)48-19-11-15-42(38-48)44-33-35-64-58(40-44)54-23-4-8-31-62(54)70-64/h1-5,7-28,30-40H,6,29H2. The van der Waals surface area contributed by atoms with Gasteiger partial charge in [0.15, 0.2) is 0 Å². The van der Waals surface area contributed by atoms with Crippen LogP contribution in [0.5, 0.6) is 0 Å². The van der Waals surface area contributed by atoms with Crippen molar-refractivity contribution in [2.75, 3.05) is 0 Å². The minimum atomic E-state index is 0.902. The van der Waals surface area contributed by atoms with Crippen LogP contribution in [0.25, 0.3) is 139 Å². The number of nitrogens with zero attached hydrogens (tertiary/aromatic N) is 2. The van der Waals surface area contributed by atoms with Crippen molar-refractivity contribution in [1.29, 1.82) is 0 Å². The van der Waals surface area contributed by atoms with E-state index in [1.54, 1.807) is 0 Å². The summed E-state index contributed by atoms with van der Waals surface area (Å²) >= 11 is 0. The first-order valence-corrected chi connectivity index (χ1v) is 24.2. The lowest BCUT2D eigenvalue weighted by atomic mass is 9.95. The number of hydrogen-bond acceptors (Lipinski definition) is 2. The highest BCUT2D eigenvalue weighted by molar-refractivity contribution is 6.14. The fraction of sp³-hybridized carbons (Fsp3) is 0.0303. The average Bonchev–Trinajstić information content (AvgIpc) is 4.18. The van der Waals surface area contributed by atoms with Crippen LogP contribution < -0.4 is 0 Å². The van der Waals surface area contributed by atoms with Crippen LogP contribution in [-0.4, -0.2) is 9.13 Å². The van der Waals surface area contributed by atoms with Crippen LogP contribution in [0.3, 0.4) is 0 Å². The lowest BCUT2D eigenvalue weighted by Crippen LogP contribution is -2.03. The van der Waals surface area contributed by atoms with Crippen molar-refractivity contribution in [3.63, 3.8) is 0 Å². The number of allylic oxidation sites excluding steroid dienone is 1. The van der Waals surface area contributed by atoms with Gasteiger partial charge in [-0.3, -0.25) is 0 Å². The molecule has 328 valence electrons. The van der Waals surface area contributed by atoms with Crippen molar-refractivity contribution in [2.45, 2.75) is 12.8 Å². The molecular weight excluding hydrogens is 853 g/mol. The Morgan fingerprint density at radius 3 is 1.47 bits per heavy atom. The van der Waals surface area contributed by atoms with Gasteiger partial charge in [0.25, 0.3) is 0 Å². The molecule has 0 saturated carbocycles. The van der Waals surface area contributed by atoms with E-state index in [9.17, 15) is 0 Å². The molecular formula is C66H42N2O2. The molecule has 4 heterocycles. The summed E-state index contributed by atoms with van der Waals surface area (Å²) in [5, 5.41) is 8.26. The van der Waals surface area contributed by atoms with Crippen molar-refractivity contribution in [3.05, 3.63) is 236 Å². The Morgan fingerprint density at radius 1 is 0.329 bits per heavy atom. The van der Waals surface area contributed by atoms with E-state index in [2.05, 4.69) is 215 Å². The van der Waals surface area contributed by atoms with Crippen molar-refractivity contribution < 1.29 is 8.83 Å². The number of hydrogen-bond donors (Lipinski definition) is 0. The second-order valence-corrected chi connectivity index (χ2v) is 18.7. The molecule has 0 unspecified atom stereocenters. The lowest BCUT2D eigenvalue weighted by molar-refractivity contribution is 0.668. The molecule has 0 bridgehead atoms. The third-order valence-electron chi connectivity index (χ3n) is 14.8. The van der Waals surface area contributed by atoms with Crippen molar-refractivity contribution in [3.8, 4) is 55.9 Å². The van der Waals surface area contributed by atoms with Gasteiger partial charge in [-0.1, -0.05) is 158 Å². The van der Waals surface area contributed by atoms with E-state index in [1.165, 1.54) is 77.3 Å². The summed E-state index contributed by atoms with van der Waals surface area (Å²) in [6.07, 6.45) is 6.65. The first-order valence-electron chi connectivity index (χ1n) is 24.2. The first kappa shape index (κ1) is 38.9. The van der Waals surface area contributed by atoms with E-state index < -0.39 is 0 Å². The molecule has 0 atom stereocenters. The number of benzene rings is 10. The minimum Gasteiger partial charge on any atom is -0.456 e. The van der Waals surface area contributed by atoms with Crippen LogP contribution in [0, 0.1) is 0 Å². The summed E-state index contributed by atoms with van der Waals surface area (Å²) in [6.45, 7) is 0. The van der Waals surface area contributed by atoms with Crippen LogP contribution in [0.1, 0.15) is 17.7 Å². The van der Waals surface area contributed by atoms with Crippen molar-refractivity contribution >= 4 is 82.7 Å². The predicted molar refractivity (Wildman–Crippen MR) is 291 cm³/mol. The molecule has 14 aromatic rings. The SMILES string of the molecule is C1=Cc2c(n(-c3cccc(-c4ccc5oc6ccccc6c5c4)c3)c3c(-c4cccc(-c5cccc6c7ccccc7n(-c7cccc(-c8ccc9oc%10ccccc%10c9c8)c7)c56)c4)cccc23)CC1. The fourth-order valence-corrected chi connectivity index (χ4v) is 11.6. The molecule has 70 heavy (non-hydrogen) atoms. The summed E-state index contributed by atoms with van der Waals surface area (Å²) in [5.74, 6) is 0. The van der Waals surface area contributed by atoms with Crippen LogP contribution in [0.2, 0.25) is 0 Å². The van der Waals surface area contributed by atoms with Crippen LogP contribution in [-0.2, 0) is 6.42 Å². The van der Waals surface area contributed by atoms with Gasteiger partial charge in [-0.05, 0) is 119 Å². The van der Waals surface area contributed by atoms with Gasteiger partial charge in [-0.2, -0.15) is 0 Å². The van der Waals surface area contributed by atoms with Gasteiger partial charge in [-0.25, -0.2) is 0 Å². The third-order valence-corrected chi connectivity index (χ3v) is 14.8. The van der Waals surface area contributed by atoms with E-state index in [-0.39, 0.29) is 0 Å². The Labute approximate surface area is 403 Å². The first-order chi connectivity index (χ1) is 34.7. The van der Waals surface area contributed by atoms with Crippen LogP contribution in [0.15, 0.2) is 233 Å². The highest BCUT2D eigenvalue weighted by Gasteiger charge is 2.23. The summed E-state index contributed by atoms with van der Waals surface area (Å²) in [7, 11) is 0. The molecule has 1 aliphatic carbocycles. The monoisotopic (exact) mass is 894 g/mol.